The zero-order valence-electron chi connectivity index (χ0n) is 12.8. The van der Waals surface area contributed by atoms with Crippen molar-refractivity contribution in [1.82, 2.24) is 4.98 Å². The van der Waals surface area contributed by atoms with Crippen molar-refractivity contribution >= 4 is 44.2 Å². The summed E-state index contributed by atoms with van der Waals surface area (Å²) in [5.41, 5.74) is 4.11. The van der Waals surface area contributed by atoms with E-state index in [0.29, 0.717) is 5.56 Å². The van der Waals surface area contributed by atoms with Gasteiger partial charge in [-0.1, -0.05) is 15.9 Å². The number of anilines is 2. The third-order valence-corrected chi connectivity index (χ3v) is 4.01. The van der Waals surface area contributed by atoms with E-state index < -0.39 is 0 Å². The molecule has 0 saturated heterocycles. The highest BCUT2D eigenvalue weighted by Gasteiger charge is 2.10. The standard InChI is InChI=1S/C18H15BrN2O2/c1-11-9-17(21-14-6-4-13(19)5-7-14)15-10-12(18(22)23-2)3-8-16(15)20-11/h3-10H,1-2H3,(H,20,21). The molecule has 23 heavy (non-hydrogen) atoms. The monoisotopic (exact) mass is 370 g/mol. The second kappa shape index (κ2) is 6.38. The van der Waals surface area contributed by atoms with Gasteiger partial charge in [-0.25, -0.2) is 4.79 Å². The van der Waals surface area contributed by atoms with Gasteiger partial charge in [0.25, 0.3) is 0 Å². The number of aromatic nitrogens is 1. The highest BCUT2D eigenvalue weighted by atomic mass is 79.9. The maximum Gasteiger partial charge on any atom is 0.337 e. The first-order valence-electron chi connectivity index (χ1n) is 7.09. The predicted octanol–water partition coefficient (Wildman–Crippen LogP) is 4.84. The number of benzene rings is 2. The first-order valence-corrected chi connectivity index (χ1v) is 7.88. The molecule has 0 aliphatic heterocycles. The first kappa shape index (κ1) is 15.5. The Labute approximate surface area is 142 Å². The number of methoxy groups -OCH3 is 1. The Kier molecular flexibility index (Phi) is 4.30. The van der Waals surface area contributed by atoms with E-state index in [2.05, 4.69) is 26.2 Å². The van der Waals surface area contributed by atoms with Crippen molar-refractivity contribution in [3.05, 3.63) is 64.3 Å². The third-order valence-electron chi connectivity index (χ3n) is 3.48. The number of hydrogen-bond donors (Lipinski definition) is 1. The van der Waals surface area contributed by atoms with Crippen LogP contribution in [0.15, 0.2) is 53.0 Å². The molecular weight excluding hydrogens is 356 g/mol. The number of aryl methyl sites for hydroxylation is 1. The van der Waals surface area contributed by atoms with Crippen molar-refractivity contribution in [3.63, 3.8) is 0 Å². The quantitative estimate of drug-likeness (QED) is 0.670. The zero-order valence-corrected chi connectivity index (χ0v) is 14.3. The van der Waals surface area contributed by atoms with Crippen LogP contribution < -0.4 is 5.32 Å². The molecule has 3 aromatic rings. The SMILES string of the molecule is COC(=O)c1ccc2nc(C)cc(Nc3ccc(Br)cc3)c2c1. The average molecular weight is 371 g/mol. The molecule has 3 rings (SSSR count). The van der Waals surface area contributed by atoms with Crippen molar-refractivity contribution in [1.29, 1.82) is 0 Å². The third kappa shape index (κ3) is 3.35. The van der Waals surface area contributed by atoms with Gasteiger partial charge < -0.3 is 10.1 Å². The molecular formula is C18H15BrN2O2. The van der Waals surface area contributed by atoms with Crippen molar-refractivity contribution in [2.24, 2.45) is 0 Å². The van der Waals surface area contributed by atoms with E-state index in [1.54, 1.807) is 12.1 Å². The minimum Gasteiger partial charge on any atom is -0.465 e. The molecule has 0 saturated carbocycles. The number of fused-ring (bicyclic) bond motifs is 1. The Morgan fingerprint density at radius 2 is 1.87 bits per heavy atom. The Hall–Kier alpha value is -2.40. The summed E-state index contributed by atoms with van der Waals surface area (Å²) in [5, 5.41) is 4.26. The molecule has 5 heteroatoms. The number of hydrogen-bond acceptors (Lipinski definition) is 4. The van der Waals surface area contributed by atoms with Gasteiger partial charge in [0.05, 0.1) is 18.2 Å². The summed E-state index contributed by atoms with van der Waals surface area (Å²) in [6.07, 6.45) is 0. The molecule has 0 bridgehead atoms. The van der Waals surface area contributed by atoms with E-state index in [1.165, 1.54) is 7.11 Å². The lowest BCUT2D eigenvalue weighted by atomic mass is 10.1. The van der Waals surface area contributed by atoms with Crippen LogP contribution in [0.4, 0.5) is 11.4 Å². The van der Waals surface area contributed by atoms with Crippen LogP contribution in [0.25, 0.3) is 10.9 Å². The zero-order chi connectivity index (χ0) is 16.4. The topological polar surface area (TPSA) is 51.2 Å². The summed E-state index contributed by atoms with van der Waals surface area (Å²) in [6, 6.07) is 15.2. The number of halogens is 1. The van der Waals surface area contributed by atoms with Crippen molar-refractivity contribution < 1.29 is 9.53 Å². The fraction of sp³-hybridized carbons (Fsp3) is 0.111. The molecule has 116 valence electrons. The minimum absolute atomic E-state index is 0.359. The predicted molar refractivity (Wildman–Crippen MR) is 95.2 cm³/mol. The van der Waals surface area contributed by atoms with E-state index in [-0.39, 0.29) is 5.97 Å². The molecule has 0 amide bonds. The lowest BCUT2D eigenvalue weighted by Gasteiger charge is -2.12. The first-order chi connectivity index (χ1) is 11.1. The number of nitrogens with one attached hydrogen (secondary N) is 1. The Balaban J connectivity index is 2.09. The van der Waals surface area contributed by atoms with Crippen LogP contribution in [-0.2, 0) is 4.74 Å². The van der Waals surface area contributed by atoms with Crippen LogP contribution in [0.5, 0.6) is 0 Å². The van der Waals surface area contributed by atoms with E-state index in [0.717, 1.165) is 32.4 Å². The molecule has 0 radical (unpaired) electrons. The van der Waals surface area contributed by atoms with Gasteiger partial charge in [0.2, 0.25) is 0 Å². The summed E-state index contributed by atoms with van der Waals surface area (Å²) in [4.78, 5) is 16.3. The van der Waals surface area contributed by atoms with E-state index in [1.807, 2.05) is 43.3 Å². The Morgan fingerprint density at radius 3 is 2.57 bits per heavy atom. The summed E-state index contributed by atoms with van der Waals surface area (Å²) in [7, 11) is 1.38. The lowest BCUT2D eigenvalue weighted by Crippen LogP contribution is -2.02. The maximum atomic E-state index is 11.8. The van der Waals surface area contributed by atoms with Crippen molar-refractivity contribution in [3.8, 4) is 0 Å². The number of carbonyl (C=O) groups excluding carboxylic acids is 1. The number of pyridine rings is 1. The fourth-order valence-corrected chi connectivity index (χ4v) is 2.66. The molecule has 0 aliphatic carbocycles. The second-order valence-corrected chi connectivity index (χ2v) is 6.08. The minimum atomic E-state index is -0.359. The smallest absolute Gasteiger partial charge is 0.337 e. The molecule has 1 N–H and O–H groups in total. The van der Waals surface area contributed by atoms with Crippen LogP contribution in [0.1, 0.15) is 16.1 Å². The van der Waals surface area contributed by atoms with Gasteiger partial charge in [-0.15, -0.1) is 0 Å². The van der Waals surface area contributed by atoms with Gasteiger partial charge >= 0.3 is 5.97 Å². The van der Waals surface area contributed by atoms with Crippen LogP contribution >= 0.6 is 15.9 Å². The number of nitrogens with zero attached hydrogens (tertiary/aromatic N) is 1. The number of esters is 1. The second-order valence-electron chi connectivity index (χ2n) is 5.17. The molecule has 0 aliphatic rings. The molecule has 0 fully saturated rings. The molecule has 4 nitrogen and oxygen atoms in total. The number of rotatable bonds is 3. The lowest BCUT2D eigenvalue weighted by molar-refractivity contribution is 0.0601. The van der Waals surface area contributed by atoms with Crippen molar-refractivity contribution in [2.75, 3.05) is 12.4 Å². The van der Waals surface area contributed by atoms with Gasteiger partial charge in [0.15, 0.2) is 0 Å². The maximum absolute atomic E-state index is 11.8. The molecule has 1 aromatic heterocycles. The van der Waals surface area contributed by atoms with Gasteiger partial charge in [0, 0.05) is 26.9 Å². The van der Waals surface area contributed by atoms with Gasteiger partial charge in [-0.3, -0.25) is 4.98 Å². The highest BCUT2D eigenvalue weighted by Crippen LogP contribution is 2.28. The van der Waals surface area contributed by atoms with Gasteiger partial charge in [-0.05, 0) is 55.5 Å². The highest BCUT2D eigenvalue weighted by molar-refractivity contribution is 9.10. The molecule has 1 heterocycles. The Morgan fingerprint density at radius 1 is 1.13 bits per heavy atom. The van der Waals surface area contributed by atoms with E-state index in [4.69, 9.17) is 4.74 Å². The van der Waals surface area contributed by atoms with Crippen LogP contribution in [0, 0.1) is 6.92 Å². The van der Waals surface area contributed by atoms with Gasteiger partial charge in [-0.2, -0.15) is 0 Å². The van der Waals surface area contributed by atoms with Crippen molar-refractivity contribution in [2.45, 2.75) is 6.92 Å². The van der Waals surface area contributed by atoms with Gasteiger partial charge in [0.1, 0.15) is 0 Å². The largest absolute Gasteiger partial charge is 0.465 e. The van der Waals surface area contributed by atoms with E-state index in [9.17, 15) is 4.79 Å². The summed E-state index contributed by atoms with van der Waals surface area (Å²) < 4.78 is 5.82. The number of ether oxygens (including phenoxy) is 1. The van der Waals surface area contributed by atoms with Crippen LogP contribution in [-0.4, -0.2) is 18.1 Å². The normalized spacial score (nSPS) is 10.6. The van der Waals surface area contributed by atoms with Crippen LogP contribution in [0.3, 0.4) is 0 Å². The molecule has 0 spiro atoms. The molecule has 0 atom stereocenters. The molecule has 0 unspecified atom stereocenters. The summed E-state index contributed by atoms with van der Waals surface area (Å²) in [6.45, 7) is 1.94. The molecule has 2 aromatic carbocycles. The number of carbonyl (C=O) groups is 1. The van der Waals surface area contributed by atoms with E-state index >= 15 is 0 Å². The summed E-state index contributed by atoms with van der Waals surface area (Å²) in [5.74, 6) is -0.359. The Bertz CT molecular complexity index is 876. The fourth-order valence-electron chi connectivity index (χ4n) is 2.40. The average Bonchev–Trinajstić information content (AvgIpc) is 2.55. The summed E-state index contributed by atoms with van der Waals surface area (Å²) >= 11 is 3.43. The van der Waals surface area contributed by atoms with Crippen LogP contribution in [0.2, 0.25) is 0 Å².